The van der Waals surface area contributed by atoms with Gasteiger partial charge in [0.2, 0.25) is 15.9 Å². The van der Waals surface area contributed by atoms with Crippen molar-refractivity contribution in [3.05, 3.63) is 47.4 Å². The highest BCUT2D eigenvalue weighted by Crippen LogP contribution is 2.27. The topological polar surface area (TPSA) is 79.4 Å². The van der Waals surface area contributed by atoms with Gasteiger partial charge in [-0.25, -0.2) is 17.8 Å². The fourth-order valence-corrected chi connectivity index (χ4v) is 5.19. The number of carbonyl (C=O) groups excluding carboxylic acids is 1. The normalized spacial score (nSPS) is 16.1. The van der Waals surface area contributed by atoms with E-state index < -0.39 is 21.1 Å². The van der Waals surface area contributed by atoms with E-state index in [2.05, 4.69) is 10.3 Å². The highest BCUT2D eigenvalue weighted by molar-refractivity contribution is 8.00. The summed E-state index contributed by atoms with van der Waals surface area (Å²) >= 11 is 7.10. The molecule has 6 nitrogen and oxygen atoms in total. The van der Waals surface area contributed by atoms with Crippen LogP contribution in [0.5, 0.6) is 0 Å². The number of thioether (sulfide) groups is 1. The van der Waals surface area contributed by atoms with Crippen molar-refractivity contribution in [3.8, 4) is 0 Å². The SMILES string of the molecule is CC(Sc1ccc(S(=O)(=O)N2CCCC2)cn1)C(=O)Nc1ccc(F)cc1Cl. The molecule has 1 aromatic carbocycles. The average Bonchev–Trinajstić information content (AvgIpc) is 3.20. The molecule has 2 aromatic rings. The van der Waals surface area contributed by atoms with Crippen molar-refractivity contribution in [1.82, 2.24) is 9.29 Å². The molecule has 0 aliphatic carbocycles. The van der Waals surface area contributed by atoms with Crippen LogP contribution >= 0.6 is 23.4 Å². The molecule has 1 aliphatic rings. The van der Waals surface area contributed by atoms with Crippen LogP contribution < -0.4 is 5.32 Å². The molecule has 0 spiro atoms. The second-order valence-electron chi connectivity index (χ2n) is 6.32. The van der Waals surface area contributed by atoms with Crippen molar-refractivity contribution in [3.63, 3.8) is 0 Å². The molecule has 1 fully saturated rings. The minimum atomic E-state index is -3.51. The van der Waals surface area contributed by atoms with Crippen LogP contribution in [0.4, 0.5) is 10.1 Å². The number of anilines is 1. The second-order valence-corrected chi connectivity index (χ2v) is 10.0. The maximum absolute atomic E-state index is 13.1. The van der Waals surface area contributed by atoms with Crippen LogP contribution in [0.15, 0.2) is 46.5 Å². The Hall–Kier alpha value is -1.68. The van der Waals surface area contributed by atoms with E-state index in [0.717, 1.165) is 18.9 Å². The third-order valence-electron chi connectivity index (χ3n) is 4.27. The largest absolute Gasteiger partial charge is 0.324 e. The summed E-state index contributed by atoms with van der Waals surface area (Å²) in [5.41, 5.74) is 0.320. The van der Waals surface area contributed by atoms with Crippen LogP contribution in [0.2, 0.25) is 5.02 Å². The first kappa shape index (κ1) is 21.0. The predicted octanol–water partition coefficient (Wildman–Crippen LogP) is 3.78. The standard InChI is InChI=1S/C18H19ClFN3O3S2/c1-12(18(24)22-16-6-4-13(20)10-15(16)19)27-17-7-5-14(11-21-17)28(25,26)23-8-2-3-9-23/h4-7,10-12H,2-3,8-9H2,1H3,(H,22,24). The number of nitrogens with one attached hydrogen (secondary N) is 1. The first-order chi connectivity index (χ1) is 13.3. The summed E-state index contributed by atoms with van der Waals surface area (Å²) < 4.78 is 39.6. The molecule has 3 rings (SSSR count). The molecule has 0 radical (unpaired) electrons. The number of sulfonamides is 1. The number of rotatable bonds is 6. The van der Waals surface area contributed by atoms with E-state index in [1.54, 1.807) is 13.0 Å². The molecule has 1 atom stereocenters. The minimum Gasteiger partial charge on any atom is -0.324 e. The van der Waals surface area contributed by atoms with Crippen molar-refractivity contribution in [1.29, 1.82) is 0 Å². The Morgan fingerprint density at radius 3 is 2.61 bits per heavy atom. The Morgan fingerprint density at radius 2 is 2.00 bits per heavy atom. The van der Waals surface area contributed by atoms with Crippen LogP contribution in [0, 0.1) is 5.82 Å². The number of hydrogen-bond acceptors (Lipinski definition) is 5. The summed E-state index contributed by atoms with van der Waals surface area (Å²) in [7, 11) is -3.51. The number of pyridine rings is 1. The van der Waals surface area contributed by atoms with Gasteiger partial charge in [0.15, 0.2) is 0 Å². The van der Waals surface area contributed by atoms with E-state index in [1.165, 1.54) is 40.5 Å². The summed E-state index contributed by atoms with van der Waals surface area (Å²) in [6.07, 6.45) is 3.05. The lowest BCUT2D eigenvalue weighted by Gasteiger charge is -2.16. The first-order valence-corrected chi connectivity index (χ1v) is 11.4. The van der Waals surface area contributed by atoms with E-state index in [1.807, 2.05) is 0 Å². The number of hydrogen-bond donors (Lipinski definition) is 1. The van der Waals surface area contributed by atoms with Gasteiger partial charge in [0.1, 0.15) is 10.7 Å². The molecule has 1 N–H and O–H groups in total. The van der Waals surface area contributed by atoms with Gasteiger partial charge in [-0.1, -0.05) is 23.4 Å². The molecule has 0 bridgehead atoms. The molecule has 2 heterocycles. The number of carbonyl (C=O) groups is 1. The van der Waals surface area contributed by atoms with Gasteiger partial charge in [0, 0.05) is 19.3 Å². The molecule has 10 heteroatoms. The maximum atomic E-state index is 13.1. The first-order valence-electron chi connectivity index (χ1n) is 8.66. The van der Waals surface area contributed by atoms with Crippen molar-refractivity contribution >= 4 is 45.0 Å². The molecular formula is C18H19ClFN3O3S2. The molecule has 1 aliphatic heterocycles. The lowest BCUT2D eigenvalue weighted by atomic mass is 10.3. The fourth-order valence-electron chi connectivity index (χ4n) is 2.73. The summed E-state index contributed by atoms with van der Waals surface area (Å²) in [5, 5.41) is 2.76. The Bertz CT molecular complexity index is 965. The molecule has 1 saturated heterocycles. The smallest absolute Gasteiger partial charge is 0.244 e. The zero-order chi connectivity index (χ0) is 20.3. The third kappa shape index (κ3) is 4.83. The predicted molar refractivity (Wildman–Crippen MR) is 108 cm³/mol. The van der Waals surface area contributed by atoms with Crippen LogP contribution in [0.3, 0.4) is 0 Å². The maximum Gasteiger partial charge on any atom is 0.244 e. The van der Waals surface area contributed by atoms with Gasteiger partial charge in [-0.2, -0.15) is 4.31 Å². The number of nitrogens with zero attached hydrogens (tertiary/aromatic N) is 2. The highest BCUT2D eigenvalue weighted by atomic mass is 35.5. The van der Waals surface area contributed by atoms with Crippen molar-refractivity contribution in [2.45, 2.75) is 34.9 Å². The molecule has 0 saturated carbocycles. The number of aromatic nitrogens is 1. The molecule has 1 unspecified atom stereocenters. The Kier molecular flexibility index (Phi) is 6.59. The number of halogens is 2. The van der Waals surface area contributed by atoms with E-state index in [-0.39, 0.29) is 15.8 Å². The second kappa shape index (κ2) is 8.77. The Labute approximate surface area is 172 Å². The summed E-state index contributed by atoms with van der Waals surface area (Å²) in [6, 6.07) is 6.81. The molecule has 150 valence electrons. The lowest BCUT2D eigenvalue weighted by Crippen LogP contribution is -2.28. The van der Waals surface area contributed by atoms with Gasteiger partial charge >= 0.3 is 0 Å². The summed E-state index contributed by atoms with van der Waals surface area (Å²) in [6.45, 7) is 2.75. The van der Waals surface area contributed by atoms with Gasteiger partial charge in [0.05, 0.1) is 21.0 Å². The number of benzene rings is 1. The van der Waals surface area contributed by atoms with Gasteiger partial charge < -0.3 is 5.32 Å². The zero-order valence-corrected chi connectivity index (χ0v) is 17.5. The van der Waals surface area contributed by atoms with Crippen LogP contribution in [-0.4, -0.2) is 42.0 Å². The van der Waals surface area contributed by atoms with E-state index in [0.29, 0.717) is 23.8 Å². The average molecular weight is 444 g/mol. The zero-order valence-electron chi connectivity index (χ0n) is 15.1. The van der Waals surface area contributed by atoms with E-state index in [4.69, 9.17) is 11.6 Å². The van der Waals surface area contributed by atoms with Gasteiger partial charge in [-0.05, 0) is 50.1 Å². The molecule has 1 aromatic heterocycles. The highest BCUT2D eigenvalue weighted by Gasteiger charge is 2.27. The van der Waals surface area contributed by atoms with Crippen LogP contribution in [0.1, 0.15) is 19.8 Å². The van der Waals surface area contributed by atoms with Gasteiger partial charge in [-0.15, -0.1) is 0 Å². The minimum absolute atomic E-state index is 0.111. The van der Waals surface area contributed by atoms with Crippen LogP contribution in [-0.2, 0) is 14.8 Å². The summed E-state index contributed by atoms with van der Waals surface area (Å²) in [4.78, 5) is 16.7. The van der Waals surface area contributed by atoms with Gasteiger partial charge in [0.25, 0.3) is 0 Å². The Balaban J connectivity index is 1.63. The quantitative estimate of drug-likeness (QED) is 0.687. The Morgan fingerprint density at radius 1 is 1.29 bits per heavy atom. The van der Waals surface area contributed by atoms with Crippen LogP contribution in [0.25, 0.3) is 0 Å². The molecular weight excluding hydrogens is 425 g/mol. The van der Waals surface area contributed by atoms with Gasteiger partial charge in [-0.3, -0.25) is 4.79 Å². The fraction of sp³-hybridized carbons (Fsp3) is 0.333. The number of amides is 1. The van der Waals surface area contributed by atoms with E-state index >= 15 is 0 Å². The molecule has 28 heavy (non-hydrogen) atoms. The monoisotopic (exact) mass is 443 g/mol. The molecule has 1 amide bonds. The third-order valence-corrected chi connectivity index (χ3v) is 7.51. The lowest BCUT2D eigenvalue weighted by molar-refractivity contribution is -0.115. The van der Waals surface area contributed by atoms with Crippen molar-refractivity contribution < 1.29 is 17.6 Å². The van der Waals surface area contributed by atoms with Crippen molar-refractivity contribution in [2.24, 2.45) is 0 Å². The van der Waals surface area contributed by atoms with E-state index in [9.17, 15) is 17.6 Å². The van der Waals surface area contributed by atoms with Crippen molar-refractivity contribution in [2.75, 3.05) is 18.4 Å². The summed E-state index contributed by atoms with van der Waals surface area (Å²) in [5.74, 6) is -0.812.